The van der Waals surface area contributed by atoms with Crippen molar-refractivity contribution in [2.24, 2.45) is 7.05 Å². The molecule has 1 aromatic heterocycles. The molecule has 0 fully saturated rings. The third-order valence-corrected chi connectivity index (χ3v) is 4.67. The van der Waals surface area contributed by atoms with Crippen LogP contribution < -0.4 is 4.57 Å². The highest BCUT2D eigenvalue weighted by Gasteiger charge is 2.31. The molecule has 0 aliphatic carbocycles. The van der Waals surface area contributed by atoms with Gasteiger partial charge in [-0.3, -0.25) is 0 Å². The molecule has 1 aliphatic heterocycles. The second-order valence-electron chi connectivity index (χ2n) is 5.83. The van der Waals surface area contributed by atoms with Gasteiger partial charge in [-0.05, 0) is 37.1 Å². The van der Waals surface area contributed by atoms with Crippen LogP contribution in [0.2, 0.25) is 0 Å². The molecule has 2 heterocycles. The molecule has 0 amide bonds. The highest BCUT2D eigenvalue weighted by atomic mass is 15.2. The van der Waals surface area contributed by atoms with Crippen LogP contribution in [0, 0.1) is 13.8 Å². The van der Waals surface area contributed by atoms with Crippen molar-refractivity contribution >= 4 is 11.0 Å². The predicted octanol–water partition coefficient (Wildman–Crippen LogP) is 3.31. The molecule has 0 unspecified atom stereocenters. The summed E-state index contributed by atoms with van der Waals surface area (Å²) in [5.74, 6) is 1.34. The molecule has 0 N–H and O–H groups in total. The normalized spacial score (nSPS) is 13.3. The van der Waals surface area contributed by atoms with Gasteiger partial charge in [-0.15, -0.1) is 0 Å². The molecule has 2 nitrogen and oxygen atoms in total. The van der Waals surface area contributed by atoms with Gasteiger partial charge in [0, 0.05) is 12.0 Å². The minimum absolute atomic E-state index is 1.10. The molecule has 0 spiro atoms. The maximum absolute atomic E-state index is 2.50. The standard InChI is InChI=1S/C18H19N2/c1-12-6-4-5-7-15(12)18-19(3)16-9-8-13(2)14-10-11-20(18)17(14)16/h4-9H,10-11H2,1-3H3/q+1. The van der Waals surface area contributed by atoms with Crippen molar-refractivity contribution in [1.82, 2.24) is 4.57 Å². The van der Waals surface area contributed by atoms with E-state index in [0.717, 1.165) is 13.0 Å². The molecular formula is C18H19N2+. The van der Waals surface area contributed by atoms with E-state index in [-0.39, 0.29) is 0 Å². The molecule has 1 aliphatic rings. The zero-order valence-electron chi connectivity index (χ0n) is 12.3. The Balaban J connectivity index is 2.14. The van der Waals surface area contributed by atoms with Crippen molar-refractivity contribution in [2.45, 2.75) is 26.8 Å². The van der Waals surface area contributed by atoms with E-state index in [1.807, 2.05) is 0 Å². The van der Waals surface area contributed by atoms with Crippen molar-refractivity contribution in [3.05, 3.63) is 53.1 Å². The first-order valence-corrected chi connectivity index (χ1v) is 7.25. The molecule has 0 saturated heterocycles. The minimum atomic E-state index is 1.10. The van der Waals surface area contributed by atoms with E-state index in [4.69, 9.17) is 0 Å². The summed E-state index contributed by atoms with van der Waals surface area (Å²) in [6.07, 6.45) is 1.16. The molecular weight excluding hydrogens is 244 g/mol. The molecule has 2 heteroatoms. The molecule has 20 heavy (non-hydrogen) atoms. The van der Waals surface area contributed by atoms with E-state index >= 15 is 0 Å². The Bertz CT molecular complexity index is 840. The van der Waals surface area contributed by atoms with Crippen LogP contribution in [0.5, 0.6) is 0 Å². The van der Waals surface area contributed by atoms with Gasteiger partial charge in [0.05, 0.1) is 19.2 Å². The van der Waals surface area contributed by atoms with Crippen LogP contribution in [0.3, 0.4) is 0 Å². The van der Waals surface area contributed by atoms with E-state index < -0.39 is 0 Å². The quantitative estimate of drug-likeness (QED) is 0.596. The Morgan fingerprint density at radius 2 is 1.80 bits per heavy atom. The summed E-state index contributed by atoms with van der Waals surface area (Å²) in [5.41, 5.74) is 8.42. The fraction of sp³-hybridized carbons (Fsp3) is 0.278. The summed E-state index contributed by atoms with van der Waals surface area (Å²) in [5, 5.41) is 0. The maximum atomic E-state index is 2.50. The maximum Gasteiger partial charge on any atom is 0.289 e. The largest absolute Gasteiger partial charge is 0.289 e. The molecule has 4 rings (SSSR count). The molecule has 0 bridgehead atoms. The van der Waals surface area contributed by atoms with Crippen molar-refractivity contribution in [3.8, 4) is 11.4 Å². The van der Waals surface area contributed by atoms with Crippen LogP contribution in [-0.4, -0.2) is 4.57 Å². The summed E-state index contributed by atoms with van der Waals surface area (Å²) in [7, 11) is 2.19. The second kappa shape index (κ2) is 3.95. The lowest BCUT2D eigenvalue weighted by Gasteiger charge is -2.04. The number of benzene rings is 2. The molecule has 100 valence electrons. The van der Waals surface area contributed by atoms with Gasteiger partial charge in [0.1, 0.15) is 0 Å². The summed E-state index contributed by atoms with van der Waals surface area (Å²) in [6.45, 7) is 5.52. The highest BCUT2D eigenvalue weighted by molar-refractivity contribution is 5.81. The van der Waals surface area contributed by atoms with Crippen molar-refractivity contribution in [3.63, 3.8) is 0 Å². The first kappa shape index (κ1) is 11.7. The first-order valence-electron chi connectivity index (χ1n) is 7.25. The van der Waals surface area contributed by atoms with Crippen LogP contribution >= 0.6 is 0 Å². The zero-order valence-corrected chi connectivity index (χ0v) is 12.3. The van der Waals surface area contributed by atoms with Crippen molar-refractivity contribution in [1.29, 1.82) is 0 Å². The molecule has 3 aromatic rings. The molecule has 0 radical (unpaired) electrons. The predicted molar refractivity (Wildman–Crippen MR) is 81.7 cm³/mol. The lowest BCUT2D eigenvalue weighted by atomic mass is 10.1. The number of rotatable bonds is 1. The number of nitrogens with zero attached hydrogens (tertiary/aromatic N) is 2. The van der Waals surface area contributed by atoms with E-state index in [2.05, 4.69) is 66.4 Å². The Kier molecular flexibility index (Phi) is 2.31. The lowest BCUT2D eigenvalue weighted by Crippen LogP contribution is -2.33. The lowest BCUT2D eigenvalue weighted by molar-refractivity contribution is -0.653. The van der Waals surface area contributed by atoms with Gasteiger partial charge >= 0.3 is 0 Å². The number of hydrogen-bond donors (Lipinski definition) is 0. The van der Waals surface area contributed by atoms with Gasteiger partial charge in [0.25, 0.3) is 5.82 Å². The van der Waals surface area contributed by atoms with Crippen molar-refractivity contribution in [2.75, 3.05) is 0 Å². The summed E-state index contributed by atoms with van der Waals surface area (Å²) in [6, 6.07) is 13.2. The van der Waals surface area contributed by atoms with Crippen molar-refractivity contribution < 1.29 is 4.57 Å². The topological polar surface area (TPSA) is 8.81 Å². The Labute approximate surface area is 119 Å². The van der Waals surface area contributed by atoms with E-state index in [1.165, 1.54) is 39.1 Å². The average Bonchev–Trinajstić information content (AvgIpc) is 2.97. The second-order valence-corrected chi connectivity index (χ2v) is 5.83. The number of imidazole rings is 1. The first-order chi connectivity index (χ1) is 9.68. The number of aryl methyl sites for hydroxylation is 5. The molecule has 0 saturated carbocycles. The third kappa shape index (κ3) is 1.36. The van der Waals surface area contributed by atoms with Gasteiger partial charge in [-0.2, -0.15) is 0 Å². The zero-order chi connectivity index (χ0) is 13.9. The molecule has 0 atom stereocenters. The third-order valence-electron chi connectivity index (χ3n) is 4.67. The fourth-order valence-corrected chi connectivity index (χ4v) is 3.60. The van der Waals surface area contributed by atoms with Crippen LogP contribution in [0.4, 0.5) is 0 Å². The van der Waals surface area contributed by atoms with Crippen LogP contribution in [-0.2, 0) is 20.0 Å². The monoisotopic (exact) mass is 263 g/mol. The number of aromatic nitrogens is 2. The smallest absolute Gasteiger partial charge is 0.226 e. The summed E-state index contributed by atoms with van der Waals surface area (Å²) < 4.78 is 4.85. The van der Waals surface area contributed by atoms with Crippen LogP contribution in [0.1, 0.15) is 16.7 Å². The van der Waals surface area contributed by atoms with E-state index in [0.29, 0.717) is 0 Å². The van der Waals surface area contributed by atoms with Gasteiger partial charge in [0.15, 0.2) is 11.0 Å². The Hall–Kier alpha value is -2.09. The van der Waals surface area contributed by atoms with Gasteiger partial charge < -0.3 is 0 Å². The van der Waals surface area contributed by atoms with E-state index in [9.17, 15) is 0 Å². The average molecular weight is 263 g/mol. The van der Waals surface area contributed by atoms with E-state index in [1.54, 1.807) is 0 Å². The number of hydrogen-bond acceptors (Lipinski definition) is 0. The minimum Gasteiger partial charge on any atom is -0.226 e. The van der Waals surface area contributed by atoms with Gasteiger partial charge in [0.2, 0.25) is 0 Å². The summed E-state index contributed by atoms with van der Waals surface area (Å²) >= 11 is 0. The Morgan fingerprint density at radius 1 is 1.00 bits per heavy atom. The molecule has 2 aromatic carbocycles. The van der Waals surface area contributed by atoms with Crippen LogP contribution in [0.15, 0.2) is 36.4 Å². The van der Waals surface area contributed by atoms with Crippen LogP contribution in [0.25, 0.3) is 22.4 Å². The fourth-order valence-electron chi connectivity index (χ4n) is 3.60. The van der Waals surface area contributed by atoms with Gasteiger partial charge in [-0.25, -0.2) is 9.13 Å². The highest BCUT2D eigenvalue weighted by Crippen LogP contribution is 2.30. The Morgan fingerprint density at radius 3 is 2.60 bits per heavy atom. The SMILES string of the molecule is Cc1ccccc1-c1n(C)c2ccc(C)c3c2[n+]1CC3. The van der Waals surface area contributed by atoms with Gasteiger partial charge in [-0.1, -0.05) is 24.3 Å². The summed E-state index contributed by atoms with van der Waals surface area (Å²) in [4.78, 5) is 0.